The van der Waals surface area contributed by atoms with Gasteiger partial charge in [0.2, 0.25) is 0 Å². The number of hydrogen-bond donors (Lipinski definition) is 1. The number of nitrogens with zero attached hydrogens (tertiary/aromatic N) is 1. The van der Waals surface area contributed by atoms with Gasteiger partial charge in [0.05, 0.1) is 0 Å². The van der Waals surface area contributed by atoms with Gasteiger partial charge in [-0.1, -0.05) is 33.6 Å². The van der Waals surface area contributed by atoms with Crippen molar-refractivity contribution in [3.8, 4) is 5.75 Å². The molecule has 0 amide bonds. The Kier molecular flexibility index (Phi) is 7.34. The minimum absolute atomic E-state index is 0.734. The van der Waals surface area contributed by atoms with Crippen LogP contribution in [0.3, 0.4) is 0 Å². The highest BCUT2D eigenvalue weighted by atomic mass is 16.5. The van der Waals surface area contributed by atoms with Crippen LogP contribution in [0.2, 0.25) is 0 Å². The van der Waals surface area contributed by atoms with Crippen molar-refractivity contribution in [3.05, 3.63) is 24.3 Å². The van der Waals surface area contributed by atoms with Crippen LogP contribution >= 0.6 is 0 Å². The Hall–Kier alpha value is -1.22. The van der Waals surface area contributed by atoms with Gasteiger partial charge in [-0.3, -0.25) is 4.90 Å². The number of likely N-dealkylation sites (N-methyl/N-ethyl adjacent to an activating group) is 1. The molecule has 1 aromatic rings. The lowest BCUT2D eigenvalue weighted by Gasteiger charge is -2.25. The smallest absolute Gasteiger partial charge is 0.119 e. The first-order chi connectivity index (χ1) is 9.19. The average molecular weight is 264 g/mol. The third-order valence-corrected chi connectivity index (χ3v) is 3.67. The van der Waals surface area contributed by atoms with Crippen LogP contribution in [0.25, 0.3) is 0 Å². The number of nitrogen functional groups attached to an aromatic ring is 1. The highest BCUT2D eigenvalue weighted by molar-refractivity contribution is 5.41. The van der Waals surface area contributed by atoms with Gasteiger partial charge in [-0.2, -0.15) is 0 Å². The molecular formula is C16H28N2O. The molecule has 0 bridgehead atoms. The molecule has 3 heteroatoms. The Balaban J connectivity index is 2.31. The first-order valence-corrected chi connectivity index (χ1v) is 7.40. The van der Waals surface area contributed by atoms with Crippen LogP contribution in [0.15, 0.2) is 24.3 Å². The van der Waals surface area contributed by atoms with E-state index < -0.39 is 0 Å². The summed E-state index contributed by atoms with van der Waals surface area (Å²) < 4.78 is 5.74. The number of ether oxygens (including phenoxy) is 1. The summed E-state index contributed by atoms with van der Waals surface area (Å²) in [6.45, 7) is 10.7. The molecule has 1 aromatic carbocycles. The normalized spacial score (nSPS) is 11.2. The fraction of sp³-hybridized carbons (Fsp3) is 0.625. The highest BCUT2D eigenvalue weighted by Crippen LogP contribution is 2.13. The van der Waals surface area contributed by atoms with E-state index in [1.165, 1.54) is 19.4 Å². The van der Waals surface area contributed by atoms with Crippen LogP contribution < -0.4 is 10.5 Å². The van der Waals surface area contributed by atoms with Gasteiger partial charge in [-0.25, -0.2) is 0 Å². The largest absolute Gasteiger partial charge is 0.492 e. The second-order valence-electron chi connectivity index (χ2n) is 4.99. The zero-order valence-corrected chi connectivity index (χ0v) is 12.6. The summed E-state index contributed by atoms with van der Waals surface area (Å²) in [4.78, 5) is 2.47. The molecule has 0 radical (unpaired) electrons. The SMILES string of the molecule is CCC(CC)CN(CC)CCOc1ccc(N)cc1. The van der Waals surface area contributed by atoms with Gasteiger partial charge >= 0.3 is 0 Å². The lowest BCUT2D eigenvalue weighted by Crippen LogP contribution is -2.32. The van der Waals surface area contributed by atoms with E-state index in [1.54, 1.807) is 0 Å². The van der Waals surface area contributed by atoms with Gasteiger partial charge in [0, 0.05) is 18.8 Å². The van der Waals surface area contributed by atoms with Crippen molar-refractivity contribution in [1.29, 1.82) is 0 Å². The molecule has 3 nitrogen and oxygen atoms in total. The number of rotatable bonds is 9. The van der Waals surface area contributed by atoms with E-state index in [0.29, 0.717) is 0 Å². The molecule has 0 heterocycles. The van der Waals surface area contributed by atoms with Crippen LogP contribution in [-0.4, -0.2) is 31.1 Å². The van der Waals surface area contributed by atoms with E-state index in [0.717, 1.165) is 37.1 Å². The maximum absolute atomic E-state index is 5.74. The van der Waals surface area contributed by atoms with E-state index in [1.807, 2.05) is 24.3 Å². The predicted octanol–water partition coefficient (Wildman–Crippen LogP) is 3.41. The van der Waals surface area contributed by atoms with Crippen LogP contribution in [0.1, 0.15) is 33.6 Å². The molecule has 108 valence electrons. The first kappa shape index (κ1) is 15.8. The van der Waals surface area contributed by atoms with E-state index in [9.17, 15) is 0 Å². The Morgan fingerprint density at radius 3 is 2.26 bits per heavy atom. The Bertz CT molecular complexity index is 333. The Morgan fingerprint density at radius 2 is 1.74 bits per heavy atom. The second-order valence-corrected chi connectivity index (χ2v) is 4.99. The summed E-state index contributed by atoms with van der Waals surface area (Å²) in [5.74, 6) is 1.70. The number of nitrogens with two attached hydrogens (primary N) is 1. The van der Waals surface area contributed by atoms with E-state index in [2.05, 4.69) is 25.7 Å². The molecule has 1 rings (SSSR count). The predicted molar refractivity (Wildman–Crippen MR) is 82.5 cm³/mol. The topological polar surface area (TPSA) is 38.5 Å². The van der Waals surface area contributed by atoms with Gasteiger partial charge in [0.1, 0.15) is 12.4 Å². The zero-order valence-electron chi connectivity index (χ0n) is 12.6. The van der Waals surface area contributed by atoms with Crippen molar-refractivity contribution in [2.24, 2.45) is 5.92 Å². The minimum atomic E-state index is 0.734. The van der Waals surface area contributed by atoms with Gasteiger partial charge in [-0.05, 0) is 36.7 Å². The number of benzene rings is 1. The highest BCUT2D eigenvalue weighted by Gasteiger charge is 2.09. The maximum atomic E-state index is 5.74. The summed E-state index contributed by atoms with van der Waals surface area (Å²) in [6.07, 6.45) is 2.51. The summed E-state index contributed by atoms with van der Waals surface area (Å²) in [5.41, 5.74) is 6.42. The summed E-state index contributed by atoms with van der Waals surface area (Å²) in [7, 11) is 0. The molecule has 0 spiro atoms. The molecule has 0 unspecified atom stereocenters. The van der Waals surface area contributed by atoms with Gasteiger partial charge in [-0.15, -0.1) is 0 Å². The standard InChI is InChI=1S/C16H28N2O/c1-4-14(5-2)13-18(6-3)11-12-19-16-9-7-15(17)8-10-16/h7-10,14H,4-6,11-13,17H2,1-3H3. The Morgan fingerprint density at radius 1 is 1.11 bits per heavy atom. The van der Waals surface area contributed by atoms with Crippen molar-refractivity contribution in [2.45, 2.75) is 33.6 Å². The molecule has 0 aliphatic heterocycles. The van der Waals surface area contributed by atoms with Crippen LogP contribution in [0.4, 0.5) is 5.69 Å². The third kappa shape index (κ3) is 5.97. The molecule has 2 N–H and O–H groups in total. The van der Waals surface area contributed by atoms with Crippen molar-refractivity contribution >= 4 is 5.69 Å². The van der Waals surface area contributed by atoms with Crippen molar-refractivity contribution in [1.82, 2.24) is 4.90 Å². The van der Waals surface area contributed by atoms with Crippen LogP contribution in [0.5, 0.6) is 5.75 Å². The van der Waals surface area contributed by atoms with Gasteiger partial charge < -0.3 is 10.5 Å². The number of hydrogen-bond acceptors (Lipinski definition) is 3. The maximum Gasteiger partial charge on any atom is 0.119 e. The fourth-order valence-electron chi connectivity index (χ4n) is 2.15. The van der Waals surface area contributed by atoms with Crippen molar-refractivity contribution in [3.63, 3.8) is 0 Å². The summed E-state index contributed by atoms with van der Waals surface area (Å²) in [5, 5.41) is 0. The molecule has 0 saturated carbocycles. The molecule has 19 heavy (non-hydrogen) atoms. The van der Waals surface area contributed by atoms with Crippen molar-refractivity contribution < 1.29 is 4.74 Å². The van der Waals surface area contributed by atoms with E-state index >= 15 is 0 Å². The lowest BCUT2D eigenvalue weighted by molar-refractivity contribution is 0.188. The molecule has 0 saturated heterocycles. The van der Waals surface area contributed by atoms with Crippen molar-refractivity contribution in [2.75, 3.05) is 32.0 Å². The molecule has 0 aliphatic carbocycles. The average Bonchev–Trinajstić information content (AvgIpc) is 2.44. The molecule has 0 atom stereocenters. The number of anilines is 1. The summed E-state index contributed by atoms with van der Waals surface area (Å²) >= 11 is 0. The zero-order chi connectivity index (χ0) is 14.1. The van der Waals surface area contributed by atoms with Gasteiger partial charge in [0.15, 0.2) is 0 Å². The summed E-state index contributed by atoms with van der Waals surface area (Å²) in [6, 6.07) is 7.59. The molecule has 0 fully saturated rings. The quantitative estimate of drug-likeness (QED) is 0.695. The monoisotopic (exact) mass is 264 g/mol. The minimum Gasteiger partial charge on any atom is -0.492 e. The van der Waals surface area contributed by atoms with Gasteiger partial charge in [0.25, 0.3) is 0 Å². The lowest BCUT2D eigenvalue weighted by atomic mass is 10.0. The van der Waals surface area contributed by atoms with Crippen LogP contribution in [-0.2, 0) is 0 Å². The third-order valence-electron chi connectivity index (χ3n) is 3.67. The second kappa shape index (κ2) is 8.81. The molecule has 0 aromatic heterocycles. The van der Waals surface area contributed by atoms with Crippen LogP contribution in [0, 0.1) is 5.92 Å². The van der Waals surface area contributed by atoms with E-state index in [-0.39, 0.29) is 0 Å². The van der Waals surface area contributed by atoms with E-state index in [4.69, 9.17) is 10.5 Å². The first-order valence-electron chi connectivity index (χ1n) is 7.40. The fourth-order valence-corrected chi connectivity index (χ4v) is 2.15. The Labute approximate surface area is 117 Å². The molecule has 0 aliphatic rings. The molecular weight excluding hydrogens is 236 g/mol.